The first kappa shape index (κ1) is 11.9. The van der Waals surface area contributed by atoms with Gasteiger partial charge in [0.05, 0.1) is 11.9 Å². The van der Waals surface area contributed by atoms with Gasteiger partial charge in [-0.2, -0.15) is 5.10 Å². The van der Waals surface area contributed by atoms with E-state index in [9.17, 15) is 4.79 Å². The van der Waals surface area contributed by atoms with Crippen molar-refractivity contribution in [3.8, 4) is 11.8 Å². The molecule has 18 heavy (non-hydrogen) atoms. The molecule has 2 aromatic rings. The highest BCUT2D eigenvalue weighted by Crippen LogP contribution is 2.08. The number of H-pyrrole nitrogens is 1. The quantitative estimate of drug-likeness (QED) is 0.686. The second-order valence-electron chi connectivity index (χ2n) is 3.48. The standard InChI is InChI=1S/C13H11N3O2/c17-6-2-4-10-3-1-5-11(7-10)13(18)16-12-8-14-15-9-12/h1,3,5,7-9,17H,6H2,(H,14,15)(H,16,18). The maximum absolute atomic E-state index is 11.9. The molecule has 1 heterocycles. The van der Waals surface area contributed by atoms with E-state index in [2.05, 4.69) is 27.4 Å². The lowest BCUT2D eigenvalue weighted by atomic mass is 10.1. The summed E-state index contributed by atoms with van der Waals surface area (Å²) in [5.41, 5.74) is 1.79. The molecule has 5 nitrogen and oxygen atoms in total. The van der Waals surface area contributed by atoms with Crippen LogP contribution in [0.15, 0.2) is 36.7 Å². The van der Waals surface area contributed by atoms with Crippen molar-refractivity contribution in [1.29, 1.82) is 0 Å². The van der Waals surface area contributed by atoms with Gasteiger partial charge in [0.2, 0.25) is 0 Å². The molecule has 0 aliphatic rings. The van der Waals surface area contributed by atoms with E-state index in [1.165, 1.54) is 6.20 Å². The second kappa shape index (κ2) is 5.66. The Kier molecular flexibility index (Phi) is 3.74. The summed E-state index contributed by atoms with van der Waals surface area (Å²) in [6.07, 6.45) is 3.11. The topological polar surface area (TPSA) is 78.0 Å². The number of aliphatic hydroxyl groups is 1. The molecular weight excluding hydrogens is 230 g/mol. The summed E-state index contributed by atoms with van der Waals surface area (Å²) < 4.78 is 0. The van der Waals surface area contributed by atoms with Gasteiger partial charge in [-0.3, -0.25) is 9.89 Å². The first-order chi connectivity index (χ1) is 8.79. The van der Waals surface area contributed by atoms with Crippen molar-refractivity contribution >= 4 is 11.6 Å². The molecule has 0 spiro atoms. The number of aliphatic hydroxyl groups excluding tert-OH is 1. The molecule has 0 atom stereocenters. The van der Waals surface area contributed by atoms with Crippen molar-refractivity contribution in [3.05, 3.63) is 47.8 Å². The van der Waals surface area contributed by atoms with Crippen LogP contribution >= 0.6 is 0 Å². The number of hydrogen-bond donors (Lipinski definition) is 3. The Morgan fingerprint density at radius 3 is 3.11 bits per heavy atom. The number of carbonyl (C=O) groups is 1. The number of aromatic amines is 1. The van der Waals surface area contributed by atoms with Crippen molar-refractivity contribution in [2.75, 3.05) is 11.9 Å². The van der Waals surface area contributed by atoms with E-state index in [1.807, 2.05) is 0 Å². The number of nitrogens with zero attached hydrogens (tertiary/aromatic N) is 1. The zero-order valence-electron chi connectivity index (χ0n) is 9.47. The van der Waals surface area contributed by atoms with Crippen molar-refractivity contribution in [3.63, 3.8) is 0 Å². The number of carbonyl (C=O) groups excluding carboxylic acids is 1. The Labute approximate surface area is 104 Å². The number of amides is 1. The minimum absolute atomic E-state index is 0.203. The first-order valence-electron chi connectivity index (χ1n) is 5.29. The van der Waals surface area contributed by atoms with Crippen LogP contribution in [0.5, 0.6) is 0 Å². The van der Waals surface area contributed by atoms with Gasteiger partial charge in [-0.15, -0.1) is 0 Å². The summed E-state index contributed by atoms with van der Waals surface area (Å²) in [4.78, 5) is 11.9. The van der Waals surface area contributed by atoms with E-state index < -0.39 is 0 Å². The van der Waals surface area contributed by atoms with Crippen molar-refractivity contribution in [1.82, 2.24) is 10.2 Å². The molecule has 1 amide bonds. The van der Waals surface area contributed by atoms with E-state index >= 15 is 0 Å². The number of hydrogen-bond acceptors (Lipinski definition) is 3. The van der Waals surface area contributed by atoms with Gasteiger partial charge in [-0.25, -0.2) is 0 Å². The van der Waals surface area contributed by atoms with Crippen molar-refractivity contribution in [2.45, 2.75) is 0 Å². The normalized spacial score (nSPS) is 9.39. The fourth-order valence-corrected chi connectivity index (χ4v) is 1.40. The average Bonchev–Trinajstić information content (AvgIpc) is 2.89. The predicted molar refractivity (Wildman–Crippen MR) is 66.9 cm³/mol. The van der Waals surface area contributed by atoms with Crippen molar-refractivity contribution in [2.24, 2.45) is 0 Å². The maximum Gasteiger partial charge on any atom is 0.255 e. The minimum Gasteiger partial charge on any atom is -0.384 e. The Hall–Kier alpha value is -2.58. The molecule has 0 bridgehead atoms. The number of nitrogens with one attached hydrogen (secondary N) is 2. The first-order valence-corrected chi connectivity index (χ1v) is 5.29. The van der Waals surface area contributed by atoms with E-state index in [0.717, 1.165) is 0 Å². The van der Waals surface area contributed by atoms with Crippen LogP contribution in [0.25, 0.3) is 0 Å². The molecule has 3 N–H and O–H groups in total. The van der Waals surface area contributed by atoms with Gasteiger partial charge in [0.1, 0.15) is 6.61 Å². The summed E-state index contributed by atoms with van der Waals surface area (Å²) in [5, 5.41) is 17.7. The van der Waals surface area contributed by atoms with Crippen molar-refractivity contribution < 1.29 is 9.90 Å². The van der Waals surface area contributed by atoms with Gasteiger partial charge in [-0.1, -0.05) is 17.9 Å². The molecule has 0 aliphatic carbocycles. The van der Waals surface area contributed by atoms with Crippen LogP contribution in [0.1, 0.15) is 15.9 Å². The second-order valence-corrected chi connectivity index (χ2v) is 3.48. The number of rotatable bonds is 2. The van der Waals surface area contributed by atoms with Crippen LogP contribution < -0.4 is 5.32 Å². The lowest BCUT2D eigenvalue weighted by Crippen LogP contribution is -2.11. The summed E-state index contributed by atoms with van der Waals surface area (Å²) >= 11 is 0. The molecule has 0 saturated carbocycles. The van der Waals surface area contributed by atoms with Gasteiger partial charge in [0.25, 0.3) is 5.91 Å². The molecule has 1 aromatic carbocycles. The molecule has 2 rings (SSSR count). The highest BCUT2D eigenvalue weighted by Gasteiger charge is 2.06. The van der Waals surface area contributed by atoms with Crippen LogP contribution in [0.2, 0.25) is 0 Å². The third kappa shape index (κ3) is 2.97. The molecular formula is C13H11N3O2. The Morgan fingerprint density at radius 2 is 2.39 bits per heavy atom. The van der Waals surface area contributed by atoms with Gasteiger partial charge in [0.15, 0.2) is 0 Å². The number of anilines is 1. The highest BCUT2D eigenvalue weighted by atomic mass is 16.2. The van der Waals surface area contributed by atoms with E-state index in [1.54, 1.807) is 30.5 Å². The van der Waals surface area contributed by atoms with Crippen LogP contribution in [0, 0.1) is 11.8 Å². The average molecular weight is 241 g/mol. The van der Waals surface area contributed by atoms with Gasteiger partial charge in [0, 0.05) is 17.3 Å². The summed E-state index contributed by atoms with van der Waals surface area (Å²) in [6, 6.07) is 6.88. The smallest absolute Gasteiger partial charge is 0.255 e. The van der Waals surface area contributed by atoms with Gasteiger partial charge < -0.3 is 10.4 Å². The molecule has 0 unspecified atom stereocenters. The summed E-state index contributed by atoms with van der Waals surface area (Å²) in [5.74, 6) is 5.05. The summed E-state index contributed by atoms with van der Waals surface area (Å²) in [6.45, 7) is -0.203. The lowest BCUT2D eigenvalue weighted by molar-refractivity contribution is 0.102. The van der Waals surface area contributed by atoms with Crippen LogP contribution in [0.3, 0.4) is 0 Å². The number of aromatic nitrogens is 2. The van der Waals surface area contributed by atoms with Gasteiger partial charge in [-0.05, 0) is 18.2 Å². The van der Waals surface area contributed by atoms with Crippen LogP contribution in [-0.4, -0.2) is 27.8 Å². The predicted octanol–water partition coefficient (Wildman–Crippen LogP) is 1.01. The maximum atomic E-state index is 11.9. The monoisotopic (exact) mass is 241 g/mol. The third-order valence-corrected chi connectivity index (χ3v) is 2.19. The Morgan fingerprint density at radius 1 is 1.50 bits per heavy atom. The minimum atomic E-state index is -0.232. The molecule has 0 radical (unpaired) electrons. The Bertz CT molecular complexity index is 594. The molecule has 5 heteroatoms. The van der Waals surface area contributed by atoms with E-state index in [-0.39, 0.29) is 12.5 Å². The third-order valence-electron chi connectivity index (χ3n) is 2.19. The summed E-state index contributed by atoms with van der Waals surface area (Å²) in [7, 11) is 0. The fourth-order valence-electron chi connectivity index (χ4n) is 1.40. The van der Waals surface area contributed by atoms with E-state index in [0.29, 0.717) is 16.8 Å². The highest BCUT2D eigenvalue weighted by molar-refractivity contribution is 6.04. The SMILES string of the molecule is O=C(Nc1cn[nH]c1)c1cccc(C#CCO)c1. The van der Waals surface area contributed by atoms with Crippen LogP contribution in [-0.2, 0) is 0 Å². The molecule has 0 fully saturated rings. The molecule has 90 valence electrons. The van der Waals surface area contributed by atoms with Crippen LogP contribution in [0.4, 0.5) is 5.69 Å². The molecule has 1 aromatic heterocycles. The van der Waals surface area contributed by atoms with Gasteiger partial charge >= 0.3 is 0 Å². The zero-order valence-corrected chi connectivity index (χ0v) is 9.47. The van der Waals surface area contributed by atoms with E-state index in [4.69, 9.17) is 5.11 Å². The lowest BCUT2D eigenvalue weighted by Gasteiger charge is -2.02. The molecule has 0 aliphatic heterocycles. The zero-order chi connectivity index (χ0) is 12.8. The largest absolute Gasteiger partial charge is 0.384 e. The Balaban J connectivity index is 2.15. The fraction of sp³-hybridized carbons (Fsp3) is 0.0769. The number of benzene rings is 1. The molecule has 0 saturated heterocycles.